The molecule has 0 saturated carbocycles. The van der Waals surface area contributed by atoms with Crippen molar-refractivity contribution in [2.45, 2.75) is 37.3 Å². The molecule has 1 aromatic carbocycles. The number of thiol groups is 1. The number of fused-ring (bicyclic) bond motifs is 1. The summed E-state index contributed by atoms with van der Waals surface area (Å²) in [6.45, 7) is 3.93. The predicted molar refractivity (Wildman–Crippen MR) is 122 cm³/mol. The van der Waals surface area contributed by atoms with Gasteiger partial charge in [-0.25, -0.2) is 9.37 Å². The normalized spacial score (nSPS) is 24.2. The van der Waals surface area contributed by atoms with Crippen LogP contribution in [-0.2, 0) is 22.7 Å². The van der Waals surface area contributed by atoms with Gasteiger partial charge >= 0.3 is 0 Å². The fourth-order valence-corrected chi connectivity index (χ4v) is 5.39. The van der Waals surface area contributed by atoms with Crippen molar-refractivity contribution in [1.29, 1.82) is 0 Å². The average molecular weight is 474 g/mol. The molecule has 3 aliphatic heterocycles. The fraction of sp³-hybridized carbons (Fsp3) is 0.435. The van der Waals surface area contributed by atoms with Gasteiger partial charge < -0.3 is 4.90 Å². The Bertz CT molecular complexity index is 1090. The summed E-state index contributed by atoms with van der Waals surface area (Å²) in [5.41, 5.74) is 3.38. The van der Waals surface area contributed by atoms with Gasteiger partial charge in [-0.05, 0) is 29.2 Å². The summed E-state index contributed by atoms with van der Waals surface area (Å²) in [6, 6.07) is 6.97. The van der Waals surface area contributed by atoms with Gasteiger partial charge in [-0.2, -0.15) is 17.0 Å². The molecule has 33 heavy (non-hydrogen) atoms. The Morgan fingerprint density at radius 1 is 1.12 bits per heavy atom. The number of piperazine rings is 1. The van der Waals surface area contributed by atoms with Gasteiger partial charge in [0.25, 0.3) is 0 Å². The van der Waals surface area contributed by atoms with E-state index in [0.29, 0.717) is 45.6 Å². The zero-order chi connectivity index (χ0) is 23.1. The summed E-state index contributed by atoms with van der Waals surface area (Å²) >= 11 is 4.75. The first-order chi connectivity index (χ1) is 15.9. The number of anilines is 1. The lowest BCUT2D eigenvalue weighted by Crippen LogP contribution is -2.51. The number of carbonyl (C=O) groups excluding carboxylic acids is 2. The molecule has 0 spiro atoms. The molecule has 4 heterocycles. The lowest BCUT2D eigenvalue weighted by Gasteiger charge is -2.35. The number of carbonyl (C=O) groups is 2. The van der Waals surface area contributed by atoms with Crippen LogP contribution >= 0.6 is 12.6 Å². The van der Waals surface area contributed by atoms with Crippen molar-refractivity contribution in [3.63, 3.8) is 0 Å². The van der Waals surface area contributed by atoms with Crippen molar-refractivity contribution in [1.82, 2.24) is 20.1 Å². The van der Waals surface area contributed by atoms with E-state index in [4.69, 9.17) is 12.6 Å². The van der Waals surface area contributed by atoms with Crippen LogP contribution in [0.15, 0.2) is 30.5 Å². The van der Waals surface area contributed by atoms with Crippen molar-refractivity contribution >= 4 is 30.3 Å². The van der Waals surface area contributed by atoms with E-state index in [-0.39, 0.29) is 29.0 Å². The summed E-state index contributed by atoms with van der Waals surface area (Å²) in [5, 5.41) is 2.24. The number of aromatic nitrogens is 1. The molecule has 2 saturated heterocycles. The van der Waals surface area contributed by atoms with Crippen LogP contribution in [-0.4, -0.2) is 58.8 Å². The molecule has 1 aromatic heterocycles. The van der Waals surface area contributed by atoms with Gasteiger partial charge in [-0.15, -0.1) is 0 Å². The summed E-state index contributed by atoms with van der Waals surface area (Å²) in [4.78, 5) is 33.9. The molecule has 1 N–H and O–H groups in total. The van der Waals surface area contributed by atoms with Gasteiger partial charge in [0.2, 0.25) is 17.6 Å². The van der Waals surface area contributed by atoms with E-state index in [1.165, 1.54) is 6.20 Å². The Labute approximate surface area is 196 Å². The van der Waals surface area contributed by atoms with Crippen LogP contribution in [0.3, 0.4) is 0 Å². The minimum atomic E-state index is -0.897. The third-order valence-corrected chi connectivity index (χ3v) is 7.24. The van der Waals surface area contributed by atoms with Crippen LogP contribution in [0.25, 0.3) is 0 Å². The molecule has 5 rings (SSSR count). The number of hydrogen-bond donors (Lipinski definition) is 2. The van der Waals surface area contributed by atoms with Crippen LogP contribution in [0.1, 0.15) is 34.9 Å². The highest BCUT2D eigenvalue weighted by atomic mass is 32.1. The highest BCUT2D eigenvalue weighted by molar-refractivity contribution is 7.80. The molecule has 2 atom stereocenters. The number of nitrogens with one attached hydrogen (secondary N) is 1. The highest BCUT2D eigenvalue weighted by Gasteiger charge is 2.39. The number of pyridine rings is 1. The van der Waals surface area contributed by atoms with Gasteiger partial charge in [0.1, 0.15) is 0 Å². The first kappa shape index (κ1) is 22.2. The molecule has 7 nitrogen and oxygen atoms in total. The topological polar surface area (TPSA) is 68.8 Å². The van der Waals surface area contributed by atoms with Crippen molar-refractivity contribution in [3.05, 3.63) is 58.8 Å². The number of benzene rings is 1. The molecule has 2 aromatic rings. The maximum absolute atomic E-state index is 14.1. The second-order valence-corrected chi connectivity index (χ2v) is 9.23. The largest absolute Gasteiger partial charge is 0.352 e. The van der Waals surface area contributed by atoms with Gasteiger partial charge in [0.05, 0.1) is 11.4 Å². The third kappa shape index (κ3) is 4.34. The predicted octanol–water partition coefficient (Wildman–Crippen LogP) is 2.23. The number of rotatable bonds is 4. The number of hydrogen-bond acceptors (Lipinski definition) is 7. The molecule has 2 fully saturated rings. The molecule has 3 aliphatic rings. The van der Waals surface area contributed by atoms with Gasteiger partial charge in [-0.3, -0.25) is 24.7 Å². The Kier molecular flexibility index (Phi) is 6.07. The number of piperidine rings is 1. The Hall–Kier alpha value is -2.56. The zero-order valence-corrected chi connectivity index (χ0v) is 18.9. The van der Waals surface area contributed by atoms with E-state index < -0.39 is 11.6 Å². The number of halogens is 2. The second kappa shape index (κ2) is 9.00. The van der Waals surface area contributed by atoms with E-state index in [9.17, 15) is 18.4 Å². The van der Waals surface area contributed by atoms with Crippen molar-refractivity contribution in [3.8, 4) is 0 Å². The lowest BCUT2D eigenvalue weighted by molar-refractivity contribution is -0.137. The summed E-state index contributed by atoms with van der Waals surface area (Å²) in [6.07, 6.45) is 2.14. The highest BCUT2D eigenvalue weighted by Crippen LogP contribution is 2.39. The minimum Gasteiger partial charge on any atom is -0.352 e. The molecule has 0 radical (unpaired) electrons. The van der Waals surface area contributed by atoms with E-state index in [1.54, 1.807) is 4.90 Å². The van der Waals surface area contributed by atoms with Crippen LogP contribution in [0, 0.1) is 11.6 Å². The second-order valence-electron chi connectivity index (χ2n) is 8.74. The molecule has 174 valence electrons. The minimum absolute atomic E-state index is 0.0699. The molecule has 2 unspecified atom stereocenters. The van der Waals surface area contributed by atoms with Gasteiger partial charge in [0.15, 0.2) is 11.6 Å². The molecule has 10 heteroatoms. The maximum Gasteiger partial charge on any atom is 0.243 e. The van der Waals surface area contributed by atoms with Gasteiger partial charge in [-0.1, -0.05) is 18.2 Å². The van der Waals surface area contributed by atoms with E-state index >= 15 is 0 Å². The Morgan fingerprint density at radius 3 is 2.67 bits per heavy atom. The zero-order valence-electron chi connectivity index (χ0n) is 18.0. The van der Waals surface area contributed by atoms with Crippen LogP contribution in [0.4, 0.5) is 14.6 Å². The Morgan fingerprint density at radius 2 is 1.91 bits per heavy atom. The molecular weight excluding hydrogens is 448 g/mol. The first-order valence-corrected chi connectivity index (χ1v) is 11.6. The molecule has 2 amide bonds. The number of imide groups is 1. The van der Waals surface area contributed by atoms with Crippen LogP contribution < -0.4 is 10.2 Å². The molecule has 0 aliphatic carbocycles. The summed E-state index contributed by atoms with van der Waals surface area (Å²) in [5.74, 6) is -2.18. The lowest BCUT2D eigenvalue weighted by atomic mass is 10.0. The van der Waals surface area contributed by atoms with Crippen LogP contribution in [0.5, 0.6) is 0 Å². The summed E-state index contributed by atoms with van der Waals surface area (Å²) < 4.78 is 27.6. The number of amides is 2. The summed E-state index contributed by atoms with van der Waals surface area (Å²) in [7, 11) is 0. The van der Waals surface area contributed by atoms with Crippen molar-refractivity contribution < 1.29 is 18.4 Å². The maximum atomic E-state index is 14.1. The monoisotopic (exact) mass is 473 g/mol. The quantitative estimate of drug-likeness (QED) is 0.525. The SMILES string of the molecule is O=C1CCC(N2Cc3cc(CN4CCN(c5nccc(F)c5F)CC4)ccc3C2S)C(=O)N1. The van der Waals surface area contributed by atoms with E-state index in [2.05, 4.69) is 33.4 Å². The first-order valence-electron chi connectivity index (χ1n) is 11.1. The smallest absolute Gasteiger partial charge is 0.243 e. The van der Waals surface area contributed by atoms with Crippen molar-refractivity contribution in [2.24, 2.45) is 0 Å². The fourth-order valence-electron chi connectivity index (χ4n) is 4.89. The van der Waals surface area contributed by atoms with E-state index in [0.717, 1.165) is 29.3 Å². The van der Waals surface area contributed by atoms with Crippen molar-refractivity contribution in [2.75, 3.05) is 31.1 Å². The standard InChI is InChI=1S/C23H25F2N5O2S/c24-17-5-6-26-21(20(17)25)29-9-7-28(8-10-29)12-14-1-2-16-15(11-14)13-30(23(16)33)18-3-4-19(31)27-22(18)32/h1-2,5-6,11,18,23,33H,3-4,7-10,12-13H2,(H,27,31,32). The van der Waals surface area contributed by atoms with E-state index in [1.807, 2.05) is 4.90 Å². The van der Waals surface area contributed by atoms with Crippen LogP contribution in [0.2, 0.25) is 0 Å². The molecule has 0 bridgehead atoms. The average Bonchev–Trinajstić information content (AvgIpc) is 3.12. The molecular formula is C23H25F2N5O2S. The number of nitrogens with zero attached hydrogens (tertiary/aromatic N) is 4. The Balaban J connectivity index is 1.21. The third-order valence-electron chi connectivity index (χ3n) is 6.66. The van der Waals surface area contributed by atoms with Gasteiger partial charge in [0, 0.05) is 51.9 Å².